The molecular formula is C8H13NO. The zero-order chi connectivity index (χ0) is 7.56. The summed E-state index contributed by atoms with van der Waals surface area (Å²) in [6.07, 6.45) is 3.67. The van der Waals surface area contributed by atoms with Gasteiger partial charge < -0.3 is 4.90 Å². The van der Waals surface area contributed by atoms with Crippen molar-refractivity contribution in [2.75, 3.05) is 6.54 Å². The molecule has 1 rings (SSSR count). The third-order valence-electron chi connectivity index (χ3n) is 2.01. The van der Waals surface area contributed by atoms with E-state index < -0.39 is 0 Å². The molecule has 1 aliphatic heterocycles. The second-order valence-electron chi connectivity index (χ2n) is 2.73. The van der Waals surface area contributed by atoms with E-state index in [2.05, 4.69) is 13.5 Å². The van der Waals surface area contributed by atoms with Gasteiger partial charge in [0.15, 0.2) is 0 Å². The van der Waals surface area contributed by atoms with Crippen LogP contribution in [0.3, 0.4) is 0 Å². The molecule has 0 aromatic rings. The van der Waals surface area contributed by atoms with E-state index in [9.17, 15) is 4.79 Å². The van der Waals surface area contributed by atoms with Gasteiger partial charge in [0.25, 0.3) is 0 Å². The molecule has 2 heteroatoms. The Morgan fingerprint density at radius 3 is 2.90 bits per heavy atom. The summed E-state index contributed by atoms with van der Waals surface area (Å²) < 4.78 is 0. The number of carbonyl (C=O) groups is 1. The van der Waals surface area contributed by atoms with Crippen molar-refractivity contribution in [3.8, 4) is 0 Å². The largest absolute Gasteiger partial charge is 0.336 e. The fourth-order valence-electron chi connectivity index (χ4n) is 1.38. The SMILES string of the molecule is C=CC(=O)N1CCCC1C. The lowest BCUT2D eigenvalue weighted by atomic mass is 10.2. The van der Waals surface area contributed by atoms with Crippen LogP contribution in [0.15, 0.2) is 12.7 Å². The van der Waals surface area contributed by atoms with E-state index in [0.29, 0.717) is 6.04 Å². The van der Waals surface area contributed by atoms with Crippen molar-refractivity contribution in [3.63, 3.8) is 0 Å². The Labute approximate surface area is 61.5 Å². The van der Waals surface area contributed by atoms with Crippen LogP contribution in [0, 0.1) is 0 Å². The Balaban J connectivity index is 2.54. The van der Waals surface area contributed by atoms with Crippen LogP contribution in [0.2, 0.25) is 0 Å². The van der Waals surface area contributed by atoms with Gasteiger partial charge in [0.2, 0.25) is 5.91 Å². The molecule has 2 nitrogen and oxygen atoms in total. The van der Waals surface area contributed by atoms with Crippen molar-refractivity contribution < 1.29 is 4.79 Å². The highest BCUT2D eigenvalue weighted by atomic mass is 16.2. The van der Waals surface area contributed by atoms with Gasteiger partial charge in [-0.05, 0) is 25.8 Å². The first kappa shape index (κ1) is 7.32. The minimum atomic E-state index is 0.0741. The maximum Gasteiger partial charge on any atom is 0.246 e. The summed E-state index contributed by atoms with van der Waals surface area (Å²) >= 11 is 0. The predicted octanol–water partition coefficient (Wildman–Crippen LogP) is 1.18. The Morgan fingerprint density at radius 1 is 1.80 bits per heavy atom. The van der Waals surface area contributed by atoms with Gasteiger partial charge in [0, 0.05) is 12.6 Å². The molecule has 0 bridgehead atoms. The van der Waals surface area contributed by atoms with Crippen LogP contribution < -0.4 is 0 Å². The monoisotopic (exact) mass is 139 g/mol. The Hall–Kier alpha value is -0.790. The molecule has 10 heavy (non-hydrogen) atoms. The van der Waals surface area contributed by atoms with Crippen LogP contribution in [0.1, 0.15) is 19.8 Å². The third-order valence-corrected chi connectivity index (χ3v) is 2.01. The number of hydrogen-bond acceptors (Lipinski definition) is 1. The number of hydrogen-bond donors (Lipinski definition) is 0. The zero-order valence-electron chi connectivity index (χ0n) is 6.34. The van der Waals surface area contributed by atoms with Crippen LogP contribution in [0.5, 0.6) is 0 Å². The molecule has 1 fully saturated rings. The van der Waals surface area contributed by atoms with Crippen LogP contribution in [0.25, 0.3) is 0 Å². The average Bonchev–Trinajstić information content (AvgIpc) is 2.34. The van der Waals surface area contributed by atoms with E-state index >= 15 is 0 Å². The Kier molecular flexibility index (Phi) is 2.10. The summed E-state index contributed by atoms with van der Waals surface area (Å²) in [7, 11) is 0. The van der Waals surface area contributed by atoms with E-state index in [1.807, 2.05) is 4.90 Å². The smallest absolute Gasteiger partial charge is 0.246 e. The normalized spacial score (nSPS) is 24.9. The topological polar surface area (TPSA) is 20.3 Å². The van der Waals surface area contributed by atoms with E-state index in [0.717, 1.165) is 19.4 Å². The number of amides is 1. The molecule has 1 atom stereocenters. The minimum absolute atomic E-state index is 0.0741. The summed E-state index contributed by atoms with van der Waals surface area (Å²) in [5.41, 5.74) is 0. The van der Waals surface area contributed by atoms with Crippen molar-refractivity contribution in [2.24, 2.45) is 0 Å². The lowest BCUT2D eigenvalue weighted by Gasteiger charge is -2.18. The number of carbonyl (C=O) groups excluding carboxylic acids is 1. The Morgan fingerprint density at radius 2 is 2.50 bits per heavy atom. The molecule has 0 aliphatic carbocycles. The highest BCUT2D eigenvalue weighted by molar-refractivity contribution is 5.87. The zero-order valence-corrected chi connectivity index (χ0v) is 6.34. The fourth-order valence-corrected chi connectivity index (χ4v) is 1.38. The number of rotatable bonds is 1. The fraction of sp³-hybridized carbons (Fsp3) is 0.625. The minimum Gasteiger partial charge on any atom is -0.336 e. The van der Waals surface area contributed by atoms with Crippen molar-refractivity contribution in [1.29, 1.82) is 0 Å². The van der Waals surface area contributed by atoms with E-state index in [1.165, 1.54) is 6.08 Å². The summed E-state index contributed by atoms with van der Waals surface area (Å²) in [4.78, 5) is 12.9. The van der Waals surface area contributed by atoms with Gasteiger partial charge in [-0.2, -0.15) is 0 Å². The second kappa shape index (κ2) is 2.86. The van der Waals surface area contributed by atoms with Crippen molar-refractivity contribution in [3.05, 3.63) is 12.7 Å². The van der Waals surface area contributed by atoms with Gasteiger partial charge in [-0.3, -0.25) is 4.79 Å². The predicted molar refractivity (Wildman–Crippen MR) is 40.6 cm³/mol. The molecule has 1 aliphatic rings. The standard InChI is InChI=1S/C8H13NO/c1-3-8(10)9-6-4-5-7(9)2/h3,7H,1,4-6H2,2H3. The van der Waals surface area contributed by atoms with Crippen LogP contribution >= 0.6 is 0 Å². The maximum absolute atomic E-state index is 11.0. The van der Waals surface area contributed by atoms with Crippen LogP contribution in [-0.2, 0) is 4.79 Å². The van der Waals surface area contributed by atoms with Crippen LogP contribution in [0.4, 0.5) is 0 Å². The molecular weight excluding hydrogens is 126 g/mol. The number of nitrogens with zero attached hydrogens (tertiary/aromatic N) is 1. The molecule has 1 unspecified atom stereocenters. The molecule has 0 N–H and O–H groups in total. The van der Waals surface area contributed by atoms with E-state index in [-0.39, 0.29) is 5.91 Å². The summed E-state index contributed by atoms with van der Waals surface area (Å²) in [6.45, 7) is 6.43. The van der Waals surface area contributed by atoms with Crippen LogP contribution in [-0.4, -0.2) is 23.4 Å². The molecule has 0 aromatic carbocycles. The number of likely N-dealkylation sites (tertiary alicyclic amines) is 1. The first-order valence-electron chi connectivity index (χ1n) is 3.68. The van der Waals surface area contributed by atoms with Gasteiger partial charge in [0.05, 0.1) is 0 Å². The lowest BCUT2D eigenvalue weighted by molar-refractivity contribution is -0.126. The van der Waals surface area contributed by atoms with E-state index in [4.69, 9.17) is 0 Å². The first-order chi connectivity index (χ1) is 4.75. The van der Waals surface area contributed by atoms with Crippen molar-refractivity contribution in [2.45, 2.75) is 25.8 Å². The molecule has 1 heterocycles. The summed E-state index contributed by atoms with van der Waals surface area (Å²) in [5.74, 6) is 0.0741. The quantitative estimate of drug-likeness (QED) is 0.499. The molecule has 0 saturated carbocycles. The summed E-state index contributed by atoms with van der Waals surface area (Å²) in [5, 5.41) is 0. The molecule has 0 spiro atoms. The van der Waals surface area contributed by atoms with Crippen molar-refractivity contribution in [1.82, 2.24) is 4.90 Å². The van der Waals surface area contributed by atoms with Gasteiger partial charge in [-0.1, -0.05) is 6.58 Å². The molecule has 56 valence electrons. The summed E-state index contributed by atoms with van der Waals surface area (Å²) in [6, 6.07) is 0.422. The third kappa shape index (κ3) is 1.20. The lowest BCUT2D eigenvalue weighted by Crippen LogP contribution is -2.31. The van der Waals surface area contributed by atoms with Gasteiger partial charge >= 0.3 is 0 Å². The molecule has 0 radical (unpaired) electrons. The van der Waals surface area contributed by atoms with Gasteiger partial charge in [-0.15, -0.1) is 0 Å². The highest BCUT2D eigenvalue weighted by Crippen LogP contribution is 2.15. The highest BCUT2D eigenvalue weighted by Gasteiger charge is 2.22. The molecule has 1 saturated heterocycles. The van der Waals surface area contributed by atoms with Gasteiger partial charge in [-0.25, -0.2) is 0 Å². The maximum atomic E-state index is 11.0. The Bertz CT molecular complexity index is 153. The average molecular weight is 139 g/mol. The van der Waals surface area contributed by atoms with E-state index in [1.54, 1.807) is 0 Å². The second-order valence-corrected chi connectivity index (χ2v) is 2.73. The first-order valence-corrected chi connectivity index (χ1v) is 3.68. The van der Waals surface area contributed by atoms with Gasteiger partial charge in [0.1, 0.15) is 0 Å². The molecule has 0 aromatic heterocycles. The molecule has 1 amide bonds. The van der Waals surface area contributed by atoms with Crippen molar-refractivity contribution >= 4 is 5.91 Å².